The van der Waals surface area contributed by atoms with E-state index in [9.17, 15) is 13.9 Å². The van der Waals surface area contributed by atoms with Gasteiger partial charge in [-0.05, 0) is 36.8 Å². The van der Waals surface area contributed by atoms with Gasteiger partial charge >= 0.3 is 0 Å². The minimum atomic E-state index is -2.88. The highest BCUT2D eigenvalue weighted by atomic mass is 35.5. The van der Waals surface area contributed by atoms with Crippen LogP contribution in [0.2, 0.25) is 5.02 Å². The standard InChI is InChI=1S/C30H30ClF2N5O5/c1-16-13-40-9-8-22(16)38-23-7-6-17(31)10-21(23)34-30(38)42-19-11-18(14-41-15-39)37(12-19)29-26-25(35-28(36-29)27(32)33)20-4-2-3-5-24(20)43-26/h2-7,10,16,18-19,22,27,39H,8-9,11-15H2,1H3/t16-,18-,19-,22-/m0/s1. The molecule has 1 N–H and O–H groups in total. The first-order valence-corrected chi connectivity index (χ1v) is 14.6. The fraction of sp³-hybridized carbons (Fsp3) is 0.433. The number of aliphatic hydroxyl groups excluding tert-OH is 1. The molecule has 5 heterocycles. The zero-order valence-corrected chi connectivity index (χ0v) is 24.1. The number of hydrogen-bond acceptors (Lipinski definition) is 9. The summed E-state index contributed by atoms with van der Waals surface area (Å²) >= 11 is 6.31. The summed E-state index contributed by atoms with van der Waals surface area (Å²) in [5.41, 5.74) is 2.77. The number of fused-ring (bicyclic) bond motifs is 4. The van der Waals surface area contributed by atoms with Crippen LogP contribution in [-0.2, 0) is 9.47 Å². The van der Waals surface area contributed by atoms with Gasteiger partial charge in [0.05, 0.1) is 36.8 Å². The summed E-state index contributed by atoms with van der Waals surface area (Å²) in [4.78, 5) is 15.1. The Morgan fingerprint density at radius 2 is 2.02 bits per heavy atom. The number of furan rings is 1. The molecule has 0 unspecified atom stereocenters. The summed E-state index contributed by atoms with van der Waals surface area (Å²) in [6, 6.07) is 13.0. The number of imidazole rings is 1. The zero-order valence-electron chi connectivity index (χ0n) is 23.3. The number of anilines is 1. The van der Waals surface area contributed by atoms with E-state index in [4.69, 9.17) is 35.2 Å². The Bertz CT molecular complexity index is 1780. The number of nitrogens with zero attached hydrogens (tertiary/aromatic N) is 5. The van der Waals surface area contributed by atoms with Crippen molar-refractivity contribution in [2.75, 3.05) is 38.1 Å². The lowest BCUT2D eigenvalue weighted by Gasteiger charge is -2.31. The van der Waals surface area contributed by atoms with Crippen LogP contribution in [0, 0.1) is 5.92 Å². The number of benzene rings is 2. The summed E-state index contributed by atoms with van der Waals surface area (Å²) in [5, 5.41) is 10.6. The number of halogens is 3. The molecule has 7 rings (SSSR count). The first kappa shape index (κ1) is 28.2. The minimum Gasteiger partial charge on any atom is -0.459 e. The molecule has 13 heteroatoms. The Kier molecular flexibility index (Phi) is 7.54. The van der Waals surface area contributed by atoms with Gasteiger partial charge in [-0.15, -0.1) is 0 Å². The molecule has 2 aromatic carbocycles. The number of hydrogen-bond donors (Lipinski definition) is 1. The summed E-state index contributed by atoms with van der Waals surface area (Å²) in [6.45, 7) is 3.33. The molecule has 2 aliphatic rings. The molecule has 10 nitrogen and oxygen atoms in total. The topological polar surface area (TPSA) is 108 Å². The molecule has 3 aromatic heterocycles. The van der Waals surface area contributed by atoms with Gasteiger partial charge in [0, 0.05) is 35.4 Å². The third kappa shape index (κ3) is 5.16. The largest absolute Gasteiger partial charge is 0.459 e. The van der Waals surface area contributed by atoms with E-state index in [2.05, 4.69) is 21.5 Å². The highest BCUT2D eigenvalue weighted by Crippen LogP contribution is 2.40. The van der Waals surface area contributed by atoms with Gasteiger partial charge < -0.3 is 28.6 Å². The average Bonchev–Trinajstić information content (AvgIpc) is 3.68. The number of ether oxygens (including phenoxy) is 3. The second-order valence-corrected chi connectivity index (χ2v) is 11.5. The van der Waals surface area contributed by atoms with Gasteiger partial charge in [0.1, 0.15) is 24.0 Å². The van der Waals surface area contributed by atoms with Crippen LogP contribution >= 0.6 is 11.6 Å². The van der Waals surface area contributed by atoms with Crippen LogP contribution in [0.3, 0.4) is 0 Å². The fourth-order valence-corrected chi connectivity index (χ4v) is 6.47. The predicted molar refractivity (Wildman–Crippen MR) is 156 cm³/mol. The molecule has 43 heavy (non-hydrogen) atoms. The maximum absolute atomic E-state index is 14.0. The van der Waals surface area contributed by atoms with E-state index in [0.29, 0.717) is 59.3 Å². The molecule has 0 radical (unpaired) electrons. The summed E-state index contributed by atoms with van der Waals surface area (Å²) in [6.07, 6.45) is -2.02. The Morgan fingerprint density at radius 1 is 1.16 bits per heavy atom. The van der Waals surface area contributed by atoms with Crippen molar-refractivity contribution in [1.82, 2.24) is 19.5 Å². The molecular formula is C30H30ClF2N5O5. The molecule has 0 spiro atoms. The molecule has 4 atom stereocenters. The maximum Gasteiger partial charge on any atom is 0.297 e. The van der Waals surface area contributed by atoms with Crippen molar-refractivity contribution in [1.29, 1.82) is 0 Å². The van der Waals surface area contributed by atoms with E-state index >= 15 is 0 Å². The molecular weight excluding hydrogens is 584 g/mol. The normalized spacial score (nSPS) is 22.9. The van der Waals surface area contributed by atoms with Crippen LogP contribution in [0.5, 0.6) is 6.01 Å². The van der Waals surface area contributed by atoms with E-state index in [-0.39, 0.29) is 30.4 Å². The highest BCUT2D eigenvalue weighted by Gasteiger charge is 2.39. The molecule has 0 amide bonds. The predicted octanol–water partition coefficient (Wildman–Crippen LogP) is 5.91. The molecule has 2 fully saturated rings. The second-order valence-electron chi connectivity index (χ2n) is 11.1. The van der Waals surface area contributed by atoms with Crippen LogP contribution in [-0.4, -0.2) is 69.9 Å². The van der Waals surface area contributed by atoms with Crippen molar-refractivity contribution >= 4 is 50.5 Å². The van der Waals surface area contributed by atoms with Crippen LogP contribution in [0.15, 0.2) is 46.9 Å². The van der Waals surface area contributed by atoms with E-state index in [1.54, 1.807) is 18.2 Å². The van der Waals surface area contributed by atoms with Gasteiger partial charge in [-0.1, -0.05) is 30.7 Å². The quantitative estimate of drug-likeness (QED) is 0.214. The van der Waals surface area contributed by atoms with E-state index < -0.39 is 25.1 Å². The van der Waals surface area contributed by atoms with Crippen LogP contribution in [0.25, 0.3) is 33.1 Å². The van der Waals surface area contributed by atoms with Crippen LogP contribution < -0.4 is 9.64 Å². The molecule has 0 aliphatic carbocycles. The maximum atomic E-state index is 14.0. The van der Waals surface area contributed by atoms with Crippen LogP contribution in [0.4, 0.5) is 14.6 Å². The number of alkyl halides is 2. The molecule has 0 bridgehead atoms. The number of rotatable bonds is 8. The van der Waals surface area contributed by atoms with Gasteiger partial charge in [-0.25, -0.2) is 18.7 Å². The molecule has 2 aliphatic heterocycles. The Labute approximate surface area is 250 Å². The lowest BCUT2D eigenvalue weighted by Crippen LogP contribution is -2.35. The summed E-state index contributed by atoms with van der Waals surface area (Å²) in [7, 11) is 0. The Hall–Kier alpha value is -3.58. The van der Waals surface area contributed by atoms with Crippen molar-refractivity contribution in [2.24, 2.45) is 5.92 Å². The third-order valence-electron chi connectivity index (χ3n) is 8.28. The van der Waals surface area contributed by atoms with E-state index in [1.165, 1.54) is 0 Å². The fourth-order valence-electron chi connectivity index (χ4n) is 6.31. The lowest BCUT2D eigenvalue weighted by molar-refractivity contribution is -0.00788. The monoisotopic (exact) mass is 613 g/mol. The van der Waals surface area contributed by atoms with Crippen molar-refractivity contribution in [3.05, 3.63) is 53.3 Å². The highest BCUT2D eigenvalue weighted by molar-refractivity contribution is 6.31. The van der Waals surface area contributed by atoms with Gasteiger partial charge in [0.25, 0.3) is 12.4 Å². The second kappa shape index (κ2) is 11.5. The molecule has 226 valence electrons. The molecule has 0 saturated carbocycles. The Morgan fingerprint density at radius 3 is 2.84 bits per heavy atom. The first-order chi connectivity index (χ1) is 20.9. The smallest absolute Gasteiger partial charge is 0.297 e. The average molecular weight is 614 g/mol. The Balaban J connectivity index is 1.28. The van der Waals surface area contributed by atoms with E-state index in [1.807, 2.05) is 29.2 Å². The third-order valence-corrected chi connectivity index (χ3v) is 8.52. The first-order valence-electron chi connectivity index (χ1n) is 14.3. The summed E-state index contributed by atoms with van der Waals surface area (Å²) < 4.78 is 54.0. The number of aromatic nitrogens is 4. The van der Waals surface area contributed by atoms with Gasteiger partial charge in [0.15, 0.2) is 17.2 Å². The van der Waals surface area contributed by atoms with E-state index in [0.717, 1.165) is 17.5 Å². The number of para-hydroxylation sites is 1. The van der Waals surface area contributed by atoms with Gasteiger partial charge in [-0.2, -0.15) is 4.98 Å². The SMILES string of the molecule is C[C@H]1COCC[C@@H]1n1c(O[C@H]2C[C@@H](COCO)N(c3nc(C(F)F)nc4c3oc3ccccc34)C2)nc2cc(Cl)ccc21. The minimum absolute atomic E-state index is 0.103. The summed E-state index contributed by atoms with van der Waals surface area (Å²) in [5.74, 6) is -0.134. The van der Waals surface area contributed by atoms with Crippen LogP contribution in [0.1, 0.15) is 38.1 Å². The molecule has 2 saturated heterocycles. The lowest BCUT2D eigenvalue weighted by atomic mass is 9.97. The van der Waals surface area contributed by atoms with Crippen molar-refractivity contribution < 1.29 is 32.5 Å². The van der Waals surface area contributed by atoms with Crippen molar-refractivity contribution in [3.63, 3.8) is 0 Å². The van der Waals surface area contributed by atoms with Gasteiger partial charge in [-0.3, -0.25) is 4.57 Å². The van der Waals surface area contributed by atoms with Gasteiger partial charge in [0.2, 0.25) is 0 Å². The molecule has 5 aromatic rings. The van der Waals surface area contributed by atoms with Crippen molar-refractivity contribution in [2.45, 2.75) is 44.4 Å². The zero-order chi connectivity index (χ0) is 29.7. The van der Waals surface area contributed by atoms with Crippen molar-refractivity contribution in [3.8, 4) is 6.01 Å². The number of aliphatic hydroxyl groups is 1.